The summed E-state index contributed by atoms with van der Waals surface area (Å²) in [6.07, 6.45) is 4.72. The molecule has 4 nitrogen and oxygen atoms in total. The zero-order valence-corrected chi connectivity index (χ0v) is 14.0. The van der Waals surface area contributed by atoms with E-state index >= 15 is 0 Å². The van der Waals surface area contributed by atoms with E-state index in [0.29, 0.717) is 19.3 Å². The summed E-state index contributed by atoms with van der Waals surface area (Å²) in [5.74, 6) is 2.23. The Morgan fingerprint density at radius 2 is 1.95 bits per heavy atom. The Labute approximate surface area is 133 Å². The van der Waals surface area contributed by atoms with Gasteiger partial charge >= 0.3 is 0 Å². The van der Waals surface area contributed by atoms with Crippen LogP contribution in [0, 0.1) is 5.92 Å². The number of hydrogen-bond donors (Lipinski definition) is 0. The summed E-state index contributed by atoms with van der Waals surface area (Å²) >= 11 is 0. The highest BCUT2D eigenvalue weighted by Gasteiger charge is 2.14. The molecule has 1 heterocycles. The van der Waals surface area contributed by atoms with E-state index in [4.69, 9.17) is 18.9 Å². The lowest BCUT2D eigenvalue weighted by Crippen LogP contribution is -2.18. The van der Waals surface area contributed by atoms with Crippen LogP contribution in [0.4, 0.5) is 0 Å². The fourth-order valence-corrected chi connectivity index (χ4v) is 2.46. The van der Waals surface area contributed by atoms with Gasteiger partial charge in [0, 0.05) is 0 Å². The molecule has 0 saturated heterocycles. The lowest BCUT2D eigenvalue weighted by molar-refractivity contribution is -0.146. The third kappa shape index (κ3) is 5.18. The van der Waals surface area contributed by atoms with E-state index < -0.39 is 0 Å². The van der Waals surface area contributed by atoms with Gasteiger partial charge in [0.2, 0.25) is 6.79 Å². The van der Waals surface area contributed by atoms with Crippen LogP contribution in [-0.2, 0) is 16.1 Å². The Morgan fingerprint density at radius 3 is 2.73 bits per heavy atom. The minimum absolute atomic E-state index is 0.193. The van der Waals surface area contributed by atoms with Crippen molar-refractivity contribution in [3.8, 4) is 11.5 Å². The summed E-state index contributed by atoms with van der Waals surface area (Å²) < 4.78 is 22.3. The maximum absolute atomic E-state index is 5.83. The lowest BCUT2D eigenvalue weighted by atomic mass is 10.0. The predicted molar refractivity (Wildman–Crippen MR) is 86.1 cm³/mol. The molecule has 0 saturated carbocycles. The van der Waals surface area contributed by atoms with E-state index in [-0.39, 0.29) is 6.29 Å². The Bertz CT molecular complexity index is 447. The standard InChI is InChI=1S/C18H28O4/c1-4-6-7-15(5-2)11-19-14(3)20-12-16-8-9-17-18(10-16)22-13-21-17/h8-10,14-15H,4-7,11-13H2,1-3H3/t14-,15-/m0/s1. The van der Waals surface area contributed by atoms with Gasteiger partial charge in [0.25, 0.3) is 0 Å². The predicted octanol–water partition coefficient (Wildman–Crippen LogP) is 4.51. The molecule has 0 aromatic heterocycles. The monoisotopic (exact) mass is 308 g/mol. The lowest BCUT2D eigenvalue weighted by Gasteiger charge is -2.19. The molecule has 2 atom stereocenters. The van der Waals surface area contributed by atoms with Crippen LogP contribution in [0.2, 0.25) is 0 Å². The quantitative estimate of drug-likeness (QED) is 0.596. The molecule has 4 heteroatoms. The van der Waals surface area contributed by atoms with Crippen molar-refractivity contribution in [1.82, 2.24) is 0 Å². The van der Waals surface area contributed by atoms with E-state index in [9.17, 15) is 0 Å². The van der Waals surface area contributed by atoms with E-state index in [0.717, 1.165) is 30.1 Å². The fourth-order valence-electron chi connectivity index (χ4n) is 2.46. The largest absolute Gasteiger partial charge is 0.454 e. The Kier molecular flexibility index (Phi) is 7.00. The first kappa shape index (κ1) is 17.1. The fraction of sp³-hybridized carbons (Fsp3) is 0.667. The Balaban J connectivity index is 1.69. The normalized spacial score (nSPS) is 15.8. The van der Waals surface area contributed by atoms with Gasteiger partial charge in [-0.15, -0.1) is 0 Å². The molecule has 0 amide bonds. The van der Waals surface area contributed by atoms with E-state index in [1.54, 1.807) is 0 Å². The van der Waals surface area contributed by atoms with Gasteiger partial charge in [0.15, 0.2) is 17.8 Å². The molecule has 2 rings (SSSR count). The van der Waals surface area contributed by atoms with Gasteiger partial charge in [-0.05, 0) is 37.0 Å². The van der Waals surface area contributed by atoms with Gasteiger partial charge in [-0.25, -0.2) is 0 Å². The molecule has 0 spiro atoms. The summed E-state index contributed by atoms with van der Waals surface area (Å²) in [5, 5.41) is 0. The van der Waals surface area contributed by atoms with Crippen LogP contribution < -0.4 is 9.47 Å². The van der Waals surface area contributed by atoms with Crippen LogP contribution in [0.15, 0.2) is 18.2 Å². The molecular formula is C18H28O4. The third-order valence-electron chi connectivity index (χ3n) is 4.03. The van der Waals surface area contributed by atoms with Crippen LogP contribution >= 0.6 is 0 Å². The summed E-state index contributed by atoms with van der Waals surface area (Å²) in [6.45, 7) is 8.00. The summed E-state index contributed by atoms with van der Waals surface area (Å²) in [5.41, 5.74) is 1.07. The van der Waals surface area contributed by atoms with Crippen molar-refractivity contribution in [3.63, 3.8) is 0 Å². The molecular weight excluding hydrogens is 280 g/mol. The van der Waals surface area contributed by atoms with Gasteiger partial charge in [-0.3, -0.25) is 0 Å². The second kappa shape index (κ2) is 9.01. The molecule has 1 aromatic carbocycles. The smallest absolute Gasteiger partial charge is 0.231 e. The second-order valence-corrected chi connectivity index (χ2v) is 5.82. The number of benzene rings is 1. The molecule has 1 aliphatic rings. The zero-order valence-electron chi connectivity index (χ0n) is 14.0. The average molecular weight is 308 g/mol. The van der Waals surface area contributed by atoms with Crippen molar-refractivity contribution in [3.05, 3.63) is 23.8 Å². The summed E-state index contributed by atoms with van der Waals surface area (Å²) in [7, 11) is 0. The van der Waals surface area contributed by atoms with Crippen molar-refractivity contribution in [2.45, 2.75) is 59.4 Å². The van der Waals surface area contributed by atoms with Crippen LogP contribution in [0.25, 0.3) is 0 Å². The van der Waals surface area contributed by atoms with Crippen molar-refractivity contribution >= 4 is 0 Å². The van der Waals surface area contributed by atoms with Gasteiger partial charge in [-0.1, -0.05) is 39.2 Å². The maximum atomic E-state index is 5.83. The topological polar surface area (TPSA) is 36.9 Å². The summed E-state index contributed by atoms with van der Waals surface area (Å²) in [4.78, 5) is 0. The molecule has 0 N–H and O–H groups in total. The number of fused-ring (bicyclic) bond motifs is 1. The van der Waals surface area contributed by atoms with Crippen molar-refractivity contribution < 1.29 is 18.9 Å². The van der Waals surface area contributed by atoms with Crippen LogP contribution in [0.1, 0.15) is 52.0 Å². The number of ether oxygens (including phenoxy) is 4. The molecule has 0 aliphatic carbocycles. The van der Waals surface area contributed by atoms with Crippen LogP contribution in [0.3, 0.4) is 0 Å². The first-order valence-corrected chi connectivity index (χ1v) is 8.34. The molecule has 0 fully saturated rings. The molecule has 0 bridgehead atoms. The maximum Gasteiger partial charge on any atom is 0.231 e. The minimum atomic E-state index is -0.193. The molecule has 0 unspecified atom stereocenters. The number of hydrogen-bond acceptors (Lipinski definition) is 4. The highest BCUT2D eigenvalue weighted by Crippen LogP contribution is 2.32. The first-order valence-electron chi connectivity index (χ1n) is 8.34. The Hall–Kier alpha value is -1.26. The van der Waals surface area contributed by atoms with Gasteiger partial charge in [0.1, 0.15) is 0 Å². The molecule has 124 valence electrons. The van der Waals surface area contributed by atoms with Gasteiger partial charge in [-0.2, -0.15) is 0 Å². The minimum Gasteiger partial charge on any atom is -0.454 e. The summed E-state index contributed by atoms with van der Waals surface area (Å²) in [6, 6.07) is 5.88. The van der Waals surface area contributed by atoms with Crippen molar-refractivity contribution in [2.75, 3.05) is 13.4 Å². The third-order valence-corrected chi connectivity index (χ3v) is 4.03. The molecule has 0 radical (unpaired) electrons. The zero-order chi connectivity index (χ0) is 15.8. The molecule has 22 heavy (non-hydrogen) atoms. The highest BCUT2D eigenvalue weighted by atomic mass is 16.7. The SMILES string of the molecule is CCCC[C@H](CC)CO[C@H](C)OCc1ccc2c(c1)OCO2. The first-order chi connectivity index (χ1) is 10.7. The average Bonchev–Trinajstić information content (AvgIpc) is 3.00. The second-order valence-electron chi connectivity index (χ2n) is 5.82. The van der Waals surface area contributed by atoms with Crippen LogP contribution in [0.5, 0.6) is 11.5 Å². The van der Waals surface area contributed by atoms with E-state index in [1.807, 2.05) is 25.1 Å². The van der Waals surface area contributed by atoms with E-state index in [2.05, 4.69) is 13.8 Å². The van der Waals surface area contributed by atoms with Gasteiger partial charge < -0.3 is 18.9 Å². The molecule has 1 aromatic rings. The number of rotatable bonds is 10. The van der Waals surface area contributed by atoms with Gasteiger partial charge in [0.05, 0.1) is 13.2 Å². The van der Waals surface area contributed by atoms with Crippen LogP contribution in [-0.4, -0.2) is 19.7 Å². The van der Waals surface area contributed by atoms with E-state index in [1.165, 1.54) is 19.3 Å². The van der Waals surface area contributed by atoms with Crippen molar-refractivity contribution in [2.24, 2.45) is 5.92 Å². The molecule has 1 aliphatic heterocycles. The highest BCUT2D eigenvalue weighted by molar-refractivity contribution is 5.44. The Morgan fingerprint density at radius 1 is 1.14 bits per heavy atom. The van der Waals surface area contributed by atoms with Crippen molar-refractivity contribution in [1.29, 1.82) is 0 Å². The number of unbranched alkanes of at least 4 members (excludes halogenated alkanes) is 1.